The van der Waals surface area contributed by atoms with E-state index in [0.717, 1.165) is 12.8 Å². The summed E-state index contributed by atoms with van der Waals surface area (Å²) < 4.78 is 17.3. The van der Waals surface area contributed by atoms with E-state index in [4.69, 9.17) is 9.84 Å². The van der Waals surface area contributed by atoms with Crippen LogP contribution < -0.4 is 15.4 Å². The Morgan fingerprint density at radius 1 is 1.40 bits per heavy atom. The number of ether oxygens (including phenoxy) is 1. The number of carbonyl (C=O) groups is 2. The highest BCUT2D eigenvalue weighted by atomic mass is 19.1. The number of benzene rings is 1. The number of hydrogen-bond acceptors (Lipinski definition) is 4. The number of likely N-dealkylation sites (N-methyl/N-ethyl adjacent to an activating group) is 1. The molecule has 0 radical (unpaired) electrons. The minimum absolute atomic E-state index is 0.0196. The van der Waals surface area contributed by atoms with Gasteiger partial charge in [0.05, 0.1) is 6.54 Å². The molecule has 7 nitrogen and oxygen atoms in total. The zero-order valence-electron chi connectivity index (χ0n) is 14.2. The number of nitrogens with one attached hydrogen (secondary N) is 2. The van der Waals surface area contributed by atoms with Crippen LogP contribution in [0.5, 0.6) is 5.75 Å². The minimum Gasteiger partial charge on any atom is -0.491 e. The van der Waals surface area contributed by atoms with Gasteiger partial charge in [-0.2, -0.15) is 0 Å². The minimum atomic E-state index is -0.842. The zero-order chi connectivity index (χ0) is 18.2. The number of rotatable bonds is 9. The standard InChI is InChI=1S/C17H24FN3O4/c1-2-21(11-16(22)23)14-8-13(9-14)20-17(24)19-12-4-3-5-15(10-12)25-7-6-18/h3-5,10,13-14H,2,6-9,11H2,1H3,(H,22,23)(H2,19,20,24). The second kappa shape index (κ2) is 9.22. The first-order chi connectivity index (χ1) is 12.0. The number of nitrogens with zero attached hydrogens (tertiary/aromatic N) is 1. The molecule has 8 heteroatoms. The van der Waals surface area contributed by atoms with E-state index < -0.39 is 12.6 Å². The van der Waals surface area contributed by atoms with Gasteiger partial charge in [0.1, 0.15) is 19.0 Å². The Morgan fingerprint density at radius 2 is 2.16 bits per heavy atom. The molecule has 0 saturated heterocycles. The molecular weight excluding hydrogens is 329 g/mol. The van der Waals surface area contributed by atoms with Gasteiger partial charge in [-0.1, -0.05) is 13.0 Å². The Morgan fingerprint density at radius 3 is 2.80 bits per heavy atom. The van der Waals surface area contributed by atoms with Gasteiger partial charge in [-0.05, 0) is 31.5 Å². The van der Waals surface area contributed by atoms with E-state index in [2.05, 4.69) is 10.6 Å². The summed E-state index contributed by atoms with van der Waals surface area (Å²) in [6.07, 6.45) is 1.46. The van der Waals surface area contributed by atoms with Crippen molar-refractivity contribution in [3.8, 4) is 5.75 Å². The summed E-state index contributed by atoms with van der Waals surface area (Å²) in [7, 11) is 0. The molecule has 2 rings (SSSR count). The van der Waals surface area contributed by atoms with Crippen molar-refractivity contribution in [2.75, 3.05) is 31.7 Å². The normalized spacial score (nSPS) is 19.2. The van der Waals surface area contributed by atoms with Crippen LogP contribution >= 0.6 is 0 Å². The summed E-state index contributed by atoms with van der Waals surface area (Å²) in [5.74, 6) is -0.350. The van der Waals surface area contributed by atoms with E-state index in [1.54, 1.807) is 24.3 Å². The van der Waals surface area contributed by atoms with Crippen molar-refractivity contribution in [1.29, 1.82) is 0 Å². The van der Waals surface area contributed by atoms with Crippen molar-refractivity contribution in [3.05, 3.63) is 24.3 Å². The SMILES string of the molecule is CCN(CC(=O)O)C1CC(NC(=O)Nc2cccc(OCCF)c2)C1. The molecule has 0 heterocycles. The van der Waals surface area contributed by atoms with Crippen molar-refractivity contribution in [1.82, 2.24) is 10.2 Å². The van der Waals surface area contributed by atoms with E-state index >= 15 is 0 Å². The Kier molecular flexibility index (Phi) is 7.00. The van der Waals surface area contributed by atoms with Gasteiger partial charge in [-0.25, -0.2) is 9.18 Å². The number of carboxylic acid groups (broad SMARTS) is 1. The van der Waals surface area contributed by atoms with Crippen molar-refractivity contribution in [2.45, 2.75) is 31.8 Å². The van der Waals surface area contributed by atoms with Gasteiger partial charge in [0.2, 0.25) is 0 Å². The number of halogens is 1. The zero-order valence-corrected chi connectivity index (χ0v) is 14.2. The molecular formula is C17H24FN3O4. The fraction of sp³-hybridized carbons (Fsp3) is 0.529. The quantitative estimate of drug-likeness (QED) is 0.632. The predicted molar refractivity (Wildman–Crippen MR) is 91.8 cm³/mol. The van der Waals surface area contributed by atoms with Crippen molar-refractivity contribution < 1.29 is 23.8 Å². The third kappa shape index (κ3) is 5.90. The van der Waals surface area contributed by atoms with E-state index in [1.165, 1.54) is 0 Å². The van der Waals surface area contributed by atoms with Crippen molar-refractivity contribution >= 4 is 17.7 Å². The van der Waals surface area contributed by atoms with E-state index in [1.807, 2.05) is 11.8 Å². The number of aliphatic carboxylic acids is 1. The molecule has 1 aromatic carbocycles. The fourth-order valence-electron chi connectivity index (χ4n) is 2.85. The molecule has 1 fully saturated rings. The first kappa shape index (κ1) is 19.0. The lowest BCUT2D eigenvalue weighted by molar-refractivity contribution is -0.139. The monoisotopic (exact) mass is 353 g/mol. The molecule has 1 aliphatic rings. The summed E-state index contributed by atoms with van der Waals surface area (Å²) in [5, 5.41) is 14.5. The highest BCUT2D eigenvalue weighted by Crippen LogP contribution is 2.25. The summed E-state index contributed by atoms with van der Waals surface area (Å²) in [5.41, 5.74) is 0.561. The molecule has 0 aliphatic heterocycles. The van der Waals surface area contributed by atoms with Crippen LogP contribution in [0.3, 0.4) is 0 Å². The van der Waals surface area contributed by atoms with Gasteiger partial charge in [0, 0.05) is 23.8 Å². The summed E-state index contributed by atoms with van der Waals surface area (Å²) in [4.78, 5) is 24.7. The van der Waals surface area contributed by atoms with Crippen LogP contribution in [0.1, 0.15) is 19.8 Å². The Bertz CT molecular complexity index is 593. The van der Waals surface area contributed by atoms with Crippen LogP contribution in [0, 0.1) is 0 Å². The number of anilines is 1. The molecule has 1 aliphatic carbocycles. The third-order valence-electron chi connectivity index (χ3n) is 4.15. The maximum absolute atomic E-state index is 12.1. The number of carboxylic acids is 1. The molecule has 1 aromatic rings. The molecule has 0 bridgehead atoms. The topological polar surface area (TPSA) is 90.9 Å². The van der Waals surface area contributed by atoms with Gasteiger partial charge in [-0.15, -0.1) is 0 Å². The molecule has 25 heavy (non-hydrogen) atoms. The lowest BCUT2D eigenvalue weighted by Crippen LogP contribution is -2.55. The molecule has 1 saturated carbocycles. The average molecular weight is 353 g/mol. The van der Waals surface area contributed by atoms with Gasteiger partial charge in [0.25, 0.3) is 0 Å². The molecule has 0 atom stereocenters. The van der Waals surface area contributed by atoms with Crippen LogP contribution in [0.25, 0.3) is 0 Å². The summed E-state index contributed by atoms with van der Waals surface area (Å²) in [6.45, 7) is 2.02. The first-order valence-corrected chi connectivity index (χ1v) is 8.34. The molecule has 0 spiro atoms. The number of carbonyl (C=O) groups excluding carboxylic acids is 1. The number of amides is 2. The number of urea groups is 1. The van der Waals surface area contributed by atoms with Crippen LogP contribution in [0.4, 0.5) is 14.9 Å². The lowest BCUT2D eigenvalue weighted by atomic mass is 9.85. The van der Waals surface area contributed by atoms with Gasteiger partial charge in [0.15, 0.2) is 0 Å². The van der Waals surface area contributed by atoms with Crippen LogP contribution in [0.15, 0.2) is 24.3 Å². The Balaban J connectivity index is 1.76. The molecule has 138 valence electrons. The van der Waals surface area contributed by atoms with Crippen molar-refractivity contribution in [2.24, 2.45) is 0 Å². The van der Waals surface area contributed by atoms with Crippen LogP contribution in [-0.4, -0.2) is 60.5 Å². The second-order valence-corrected chi connectivity index (χ2v) is 5.94. The highest BCUT2D eigenvalue weighted by Gasteiger charge is 2.34. The van der Waals surface area contributed by atoms with Gasteiger partial charge >= 0.3 is 12.0 Å². The van der Waals surface area contributed by atoms with E-state index in [0.29, 0.717) is 18.0 Å². The summed E-state index contributed by atoms with van der Waals surface area (Å²) in [6, 6.07) is 6.64. The van der Waals surface area contributed by atoms with Crippen LogP contribution in [0.2, 0.25) is 0 Å². The summed E-state index contributed by atoms with van der Waals surface area (Å²) >= 11 is 0. The van der Waals surface area contributed by atoms with Crippen molar-refractivity contribution in [3.63, 3.8) is 0 Å². The lowest BCUT2D eigenvalue weighted by Gasteiger charge is -2.42. The Labute approximate surface area is 146 Å². The van der Waals surface area contributed by atoms with E-state index in [9.17, 15) is 14.0 Å². The predicted octanol–water partition coefficient (Wildman–Crippen LogP) is 2.09. The smallest absolute Gasteiger partial charge is 0.319 e. The van der Waals surface area contributed by atoms with Gasteiger partial charge in [-0.3, -0.25) is 9.69 Å². The molecule has 3 N–H and O–H groups in total. The maximum atomic E-state index is 12.1. The molecule has 2 amide bonds. The average Bonchev–Trinajstić information content (AvgIpc) is 2.54. The van der Waals surface area contributed by atoms with Crippen LogP contribution in [-0.2, 0) is 4.79 Å². The number of hydrogen-bond donors (Lipinski definition) is 3. The second-order valence-electron chi connectivity index (χ2n) is 5.94. The van der Waals surface area contributed by atoms with E-state index in [-0.39, 0.29) is 31.3 Å². The third-order valence-corrected chi connectivity index (χ3v) is 4.15. The number of alkyl halides is 1. The highest BCUT2D eigenvalue weighted by molar-refractivity contribution is 5.89. The largest absolute Gasteiger partial charge is 0.491 e. The molecule has 0 aromatic heterocycles. The fourth-order valence-corrected chi connectivity index (χ4v) is 2.85. The van der Waals surface area contributed by atoms with Gasteiger partial charge < -0.3 is 20.5 Å². The Hall–Kier alpha value is -2.35. The first-order valence-electron chi connectivity index (χ1n) is 8.34. The maximum Gasteiger partial charge on any atom is 0.319 e. The molecule has 0 unspecified atom stereocenters.